The molecule has 0 fully saturated rings. The molecule has 0 aliphatic rings. The van der Waals surface area contributed by atoms with Crippen LogP contribution in [0.4, 0.5) is 0 Å². The van der Waals surface area contributed by atoms with Crippen LogP contribution in [0.15, 0.2) is 0 Å². The summed E-state index contributed by atoms with van der Waals surface area (Å²) in [4.78, 5) is 40.2. The second kappa shape index (κ2) is 16.6. The second-order valence-corrected chi connectivity index (χ2v) is 17.1. The molecule has 0 aliphatic carbocycles. The van der Waals surface area contributed by atoms with Gasteiger partial charge in [0.1, 0.15) is 0 Å². The van der Waals surface area contributed by atoms with Crippen LogP contribution in [0.3, 0.4) is 0 Å². The van der Waals surface area contributed by atoms with Gasteiger partial charge in [-0.05, 0) is 83.1 Å². The fourth-order valence-electron chi connectivity index (χ4n) is 0. The van der Waals surface area contributed by atoms with E-state index in [0.717, 1.165) is 0 Å². The summed E-state index contributed by atoms with van der Waals surface area (Å²) in [5, 5.41) is -2.19. The summed E-state index contributed by atoms with van der Waals surface area (Å²) in [6, 6.07) is 0. The Bertz CT molecular complexity index is 431. The third kappa shape index (κ3) is 33.8. The Morgan fingerprint density at radius 3 is 0.414 bits per heavy atom. The molecule has 0 saturated heterocycles. The SMILES string of the molecule is CC(C)(C)[P+](=O)[O-].CC(C)(C)[P+](=O)[O-].CC(C)(C)[P+](=O)[O-].CC(C)(C)[P+](=O)[O-].[Ti+4]. The Kier molecular flexibility index (Phi) is 23.0. The van der Waals surface area contributed by atoms with E-state index in [-0.39, 0.29) is 21.7 Å². The topological polar surface area (TPSA) is 161 Å². The molecule has 0 amide bonds. The molecular formula is C16H36O8P4Ti+4. The van der Waals surface area contributed by atoms with Gasteiger partial charge in [0.2, 0.25) is 0 Å². The maximum Gasteiger partial charge on any atom is 4.00 e. The van der Waals surface area contributed by atoms with E-state index in [0.29, 0.717) is 0 Å². The van der Waals surface area contributed by atoms with E-state index >= 15 is 0 Å². The molecule has 0 aromatic carbocycles. The van der Waals surface area contributed by atoms with Crippen LogP contribution in [0.25, 0.3) is 0 Å². The van der Waals surface area contributed by atoms with Gasteiger partial charge < -0.3 is 19.6 Å². The third-order valence-electron chi connectivity index (χ3n) is 2.19. The van der Waals surface area contributed by atoms with Crippen LogP contribution in [0.2, 0.25) is 0 Å². The van der Waals surface area contributed by atoms with E-state index in [1.807, 2.05) is 0 Å². The zero-order chi connectivity index (χ0) is 24.3. The summed E-state index contributed by atoms with van der Waals surface area (Å²) in [5.74, 6) is 0. The van der Waals surface area contributed by atoms with Gasteiger partial charge >= 0.3 is 53.8 Å². The van der Waals surface area contributed by atoms with Crippen LogP contribution in [0.5, 0.6) is 0 Å². The van der Waals surface area contributed by atoms with Crippen molar-refractivity contribution in [3.63, 3.8) is 0 Å². The Hall–Kier alpha value is 0.954. The van der Waals surface area contributed by atoms with Crippen molar-refractivity contribution in [2.24, 2.45) is 0 Å². The van der Waals surface area contributed by atoms with Gasteiger partial charge in [-0.25, -0.2) is 0 Å². The normalized spacial score (nSPS) is 13.5. The summed E-state index contributed by atoms with van der Waals surface area (Å²) < 4.78 is 40.2. The van der Waals surface area contributed by atoms with Crippen molar-refractivity contribution < 1.29 is 59.6 Å². The summed E-state index contributed by atoms with van der Waals surface area (Å²) >= 11 is 0. The van der Waals surface area contributed by atoms with Gasteiger partial charge in [-0.3, -0.25) is 0 Å². The van der Waals surface area contributed by atoms with Gasteiger partial charge in [0.05, 0.1) is 0 Å². The van der Waals surface area contributed by atoms with Gasteiger partial charge in [-0.1, -0.05) is 18.3 Å². The minimum atomic E-state index is -2.24. The fraction of sp³-hybridized carbons (Fsp3) is 1.00. The first-order chi connectivity index (χ1) is 11.8. The zero-order valence-electron chi connectivity index (χ0n) is 19.6. The van der Waals surface area contributed by atoms with Crippen molar-refractivity contribution in [3.8, 4) is 0 Å². The van der Waals surface area contributed by atoms with E-state index in [4.69, 9.17) is 0 Å². The van der Waals surface area contributed by atoms with Crippen molar-refractivity contribution in [1.82, 2.24) is 0 Å². The van der Waals surface area contributed by atoms with Gasteiger partial charge in [-0.15, -0.1) is 0 Å². The number of hydrogen-bond donors (Lipinski definition) is 0. The molecule has 0 aromatic rings. The van der Waals surface area contributed by atoms with Crippen LogP contribution in [-0.2, 0) is 40.0 Å². The van der Waals surface area contributed by atoms with Crippen molar-refractivity contribution in [2.75, 3.05) is 0 Å². The largest absolute Gasteiger partial charge is 4.00 e. The molecule has 0 aliphatic heterocycles. The number of hydrogen-bond acceptors (Lipinski definition) is 8. The monoisotopic (exact) mass is 528 g/mol. The van der Waals surface area contributed by atoms with E-state index in [9.17, 15) is 37.8 Å². The fourth-order valence-corrected chi connectivity index (χ4v) is 0. The Morgan fingerprint density at radius 2 is 0.414 bits per heavy atom. The Balaban J connectivity index is -0.0000000873. The van der Waals surface area contributed by atoms with Gasteiger partial charge in [0.25, 0.3) is 0 Å². The molecule has 4 atom stereocenters. The van der Waals surface area contributed by atoms with Crippen molar-refractivity contribution in [2.45, 2.75) is 104 Å². The molecule has 0 bridgehead atoms. The predicted octanol–water partition coefficient (Wildman–Crippen LogP) is 3.55. The Labute approximate surface area is 195 Å². The maximum atomic E-state index is 10.1. The minimum absolute atomic E-state index is 0. The minimum Gasteiger partial charge on any atom is -0.595 e. The molecule has 8 nitrogen and oxygen atoms in total. The summed E-state index contributed by atoms with van der Waals surface area (Å²) in [6.45, 7) is 20.0. The molecule has 168 valence electrons. The van der Waals surface area contributed by atoms with Crippen LogP contribution >= 0.6 is 32.1 Å². The molecule has 29 heavy (non-hydrogen) atoms. The van der Waals surface area contributed by atoms with Crippen molar-refractivity contribution in [1.29, 1.82) is 0 Å². The summed E-state index contributed by atoms with van der Waals surface area (Å²) in [5.41, 5.74) is 0. The average molecular weight is 528 g/mol. The van der Waals surface area contributed by atoms with Gasteiger partial charge in [0, 0.05) is 0 Å². The first-order valence-electron chi connectivity index (χ1n) is 8.36. The van der Waals surface area contributed by atoms with Crippen LogP contribution in [0, 0.1) is 0 Å². The molecule has 13 heteroatoms. The molecule has 0 radical (unpaired) electrons. The average Bonchev–Trinajstić information content (AvgIpc) is 2.35. The first-order valence-corrected chi connectivity index (χ1v) is 13.1. The molecule has 0 aromatic heterocycles. The zero-order valence-corrected chi connectivity index (χ0v) is 24.7. The molecule has 4 unspecified atom stereocenters. The van der Waals surface area contributed by atoms with Crippen LogP contribution in [0.1, 0.15) is 83.1 Å². The summed E-state index contributed by atoms with van der Waals surface area (Å²) in [7, 11) is -8.97. The number of rotatable bonds is 0. The first kappa shape index (κ1) is 40.3. The quantitative estimate of drug-likeness (QED) is 0.341. The van der Waals surface area contributed by atoms with Crippen molar-refractivity contribution >= 4 is 32.1 Å². The van der Waals surface area contributed by atoms with Crippen LogP contribution in [-0.4, -0.2) is 20.6 Å². The molecule has 0 N–H and O–H groups in total. The molecule has 0 spiro atoms. The van der Waals surface area contributed by atoms with E-state index < -0.39 is 52.7 Å². The molecule has 0 saturated carbocycles. The van der Waals surface area contributed by atoms with Crippen molar-refractivity contribution in [3.05, 3.63) is 0 Å². The third-order valence-corrected chi connectivity index (χ3v) is 6.57. The maximum absolute atomic E-state index is 10.1. The summed E-state index contributed by atoms with van der Waals surface area (Å²) in [6.07, 6.45) is 0. The standard InChI is InChI=1S/4C4H9O2P.Ti/c4*1-4(2,3)7(5)6;/h4*1-3H3;/q;;;;+4. The molecule has 0 rings (SSSR count). The Morgan fingerprint density at radius 1 is 0.379 bits per heavy atom. The predicted molar refractivity (Wildman–Crippen MR) is 109 cm³/mol. The van der Waals surface area contributed by atoms with Gasteiger partial charge in [-0.2, -0.15) is 0 Å². The van der Waals surface area contributed by atoms with E-state index in [1.165, 1.54) is 0 Å². The second-order valence-electron chi connectivity index (χ2n) is 9.71. The van der Waals surface area contributed by atoms with Gasteiger partial charge in [0.15, 0.2) is 20.6 Å². The van der Waals surface area contributed by atoms with E-state index in [2.05, 4.69) is 0 Å². The van der Waals surface area contributed by atoms with E-state index in [1.54, 1.807) is 83.1 Å². The molecule has 0 heterocycles. The van der Waals surface area contributed by atoms with Crippen LogP contribution < -0.4 is 19.6 Å². The molecular weight excluding hydrogens is 492 g/mol. The smallest absolute Gasteiger partial charge is 0.595 e.